The first-order valence-corrected chi connectivity index (χ1v) is 5.65. The molecule has 0 aromatic heterocycles. The number of rotatable bonds is 2. The molecule has 0 radical (unpaired) electrons. The van der Waals surface area contributed by atoms with Gasteiger partial charge in [-0.2, -0.15) is 0 Å². The van der Waals surface area contributed by atoms with Gasteiger partial charge in [0, 0.05) is 19.1 Å². The van der Waals surface area contributed by atoms with E-state index in [0.717, 1.165) is 19.5 Å². The lowest BCUT2D eigenvalue weighted by atomic mass is 9.93. The van der Waals surface area contributed by atoms with Crippen LogP contribution in [0.2, 0.25) is 0 Å². The van der Waals surface area contributed by atoms with Crippen molar-refractivity contribution in [1.82, 2.24) is 4.90 Å². The molecule has 1 heterocycles. The van der Waals surface area contributed by atoms with Gasteiger partial charge in [0.05, 0.1) is 0 Å². The summed E-state index contributed by atoms with van der Waals surface area (Å²) in [6, 6.07) is 8.96. The highest BCUT2D eigenvalue weighted by Crippen LogP contribution is 2.20. The summed E-state index contributed by atoms with van der Waals surface area (Å²) in [5.74, 6) is 0.621. The first kappa shape index (κ1) is 10.7. The van der Waals surface area contributed by atoms with Gasteiger partial charge in [-0.3, -0.25) is 0 Å². The SMILES string of the molecule is Cc1ccccc1CC1CN(C)CC1N. The topological polar surface area (TPSA) is 29.3 Å². The van der Waals surface area contributed by atoms with Gasteiger partial charge in [-0.1, -0.05) is 24.3 Å². The summed E-state index contributed by atoms with van der Waals surface area (Å²) in [4.78, 5) is 2.33. The van der Waals surface area contributed by atoms with Crippen molar-refractivity contribution in [2.45, 2.75) is 19.4 Å². The lowest BCUT2D eigenvalue weighted by molar-refractivity contribution is 0.394. The van der Waals surface area contributed by atoms with Crippen molar-refractivity contribution in [2.24, 2.45) is 11.7 Å². The van der Waals surface area contributed by atoms with E-state index in [9.17, 15) is 0 Å². The van der Waals surface area contributed by atoms with Crippen LogP contribution < -0.4 is 5.73 Å². The standard InChI is InChI=1S/C13H20N2/c1-10-5-3-4-6-11(10)7-12-8-15(2)9-13(12)14/h3-6,12-13H,7-9,14H2,1-2H3. The average molecular weight is 204 g/mol. The van der Waals surface area contributed by atoms with Crippen molar-refractivity contribution in [1.29, 1.82) is 0 Å². The van der Waals surface area contributed by atoms with Crippen molar-refractivity contribution in [3.05, 3.63) is 35.4 Å². The van der Waals surface area contributed by atoms with E-state index >= 15 is 0 Å². The second-order valence-electron chi connectivity index (χ2n) is 4.78. The third kappa shape index (κ3) is 2.39. The van der Waals surface area contributed by atoms with Crippen molar-refractivity contribution in [2.75, 3.05) is 20.1 Å². The molecule has 1 saturated heterocycles. The monoisotopic (exact) mass is 204 g/mol. The Morgan fingerprint density at radius 2 is 2.07 bits per heavy atom. The Hall–Kier alpha value is -0.860. The van der Waals surface area contributed by atoms with Gasteiger partial charge in [0.2, 0.25) is 0 Å². The van der Waals surface area contributed by atoms with Crippen molar-refractivity contribution in [3.63, 3.8) is 0 Å². The second-order valence-corrected chi connectivity index (χ2v) is 4.78. The predicted molar refractivity (Wildman–Crippen MR) is 63.8 cm³/mol. The Balaban J connectivity index is 2.06. The first-order valence-electron chi connectivity index (χ1n) is 5.65. The zero-order valence-corrected chi connectivity index (χ0v) is 9.61. The van der Waals surface area contributed by atoms with Gasteiger partial charge in [-0.05, 0) is 37.4 Å². The lowest BCUT2D eigenvalue weighted by Crippen LogP contribution is -2.30. The molecule has 0 saturated carbocycles. The fourth-order valence-electron chi connectivity index (χ4n) is 2.46. The van der Waals surface area contributed by atoms with Gasteiger partial charge in [-0.15, -0.1) is 0 Å². The summed E-state index contributed by atoms with van der Waals surface area (Å²) in [6.07, 6.45) is 1.12. The van der Waals surface area contributed by atoms with Gasteiger partial charge < -0.3 is 10.6 Å². The minimum atomic E-state index is 0.342. The molecule has 2 N–H and O–H groups in total. The molecule has 2 heteroatoms. The Labute approximate surface area is 92.1 Å². The van der Waals surface area contributed by atoms with Crippen LogP contribution in [0.15, 0.2) is 24.3 Å². The number of nitrogens with zero attached hydrogens (tertiary/aromatic N) is 1. The maximum absolute atomic E-state index is 6.13. The van der Waals surface area contributed by atoms with Gasteiger partial charge in [0.1, 0.15) is 0 Å². The maximum atomic E-state index is 6.13. The summed E-state index contributed by atoms with van der Waals surface area (Å²) in [6.45, 7) is 4.35. The fraction of sp³-hybridized carbons (Fsp3) is 0.538. The van der Waals surface area contributed by atoms with E-state index in [1.807, 2.05) is 0 Å². The van der Waals surface area contributed by atoms with Crippen LogP contribution in [0.3, 0.4) is 0 Å². The van der Waals surface area contributed by atoms with E-state index in [1.54, 1.807) is 0 Å². The molecule has 1 aliphatic heterocycles. The van der Waals surface area contributed by atoms with Gasteiger partial charge in [0.15, 0.2) is 0 Å². The molecule has 2 nitrogen and oxygen atoms in total. The normalized spacial score (nSPS) is 27.1. The molecule has 0 amide bonds. The van der Waals surface area contributed by atoms with E-state index in [0.29, 0.717) is 12.0 Å². The van der Waals surface area contributed by atoms with Crippen molar-refractivity contribution >= 4 is 0 Å². The van der Waals surface area contributed by atoms with E-state index in [2.05, 4.69) is 43.1 Å². The van der Waals surface area contributed by atoms with Crippen LogP contribution in [0.5, 0.6) is 0 Å². The summed E-state index contributed by atoms with van der Waals surface area (Å²) in [5, 5.41) is 0. The molecule has 1 fully saturated rings. The summed E-state index contributed by atoms with van der Waals surface area (Å²) < 4.78 is 0. The minimum Gasteiger partial charge on any atom is -0.326 e. The average Bonchev–Trinajstić information content (AvgIpc) is 2.49. The van der Waals surface area contributed by atoms with Crippen LogP contribution in [-0.4, -0.2) is 31.1 Å². The third-order valence-electron chi connectivity index (χ3n) is 3.42. The number of nitrogens with two attached hydrogens (primary N) is 1. The number of likely N-dealkylation sites (N-methyl/N-ethyl adjacent to an activating group) is 1. The fourth-order valence-corrected chi connectivity index (χ4v) is 2.46. The number of likely N-dealkylation sites (tertiary alicyclic amines) is 1. The predicted octanol–water partition coefficient (Wildman–Crippen LogP) is 1.43. The quantitative estimate of drug-likeness (QED) is 0.789. The van der Waals surface area contributed by atoms with Crippen LogP contribution >= 0.6 is 0 Å². The second kappa shape index (κ2) is 4.33. The van der Waals surface area contributed by atoms with Crippen molar-refractivity contribution in [3.8, 4) is 0 Å². The Kier molecular flexibility index (Phi) is 3.08. The van der Waals surface area contributed by atoms with Gasteiger partial charge in [-0.25, -0.2) is 0 Å². The van der Waals surface area contributed by atoms with Crippen LogP contribution in [0, 0.1) is 12.8 Å². The molecule has 15 heavy (non-hydrogen) atoms. The highest BCUT2D eigenvalue weighted by Gasteiger charge is 2.27. The van der Waals surface area contributed by atoms with E-state index < -0.39 is 0 Å². The van der Waals surface area contributed by atoms with Crippen LogP contribution in [0.1, 0.15) is 11.1 Å². The number of hydrogen-bond acceptors (Lipinski definition) is 2. The van der Waals surface area contributed by atoms with E-state index in [4.69, 9.17) is 5.73 Å². The molecule has 0 aliphatic carbocycles. The highest BCUT2D eigenvalue weighted by atomic mass is 15.1. The molecular weight excluding hydrogens is 184 g/mol. The summed E-state index contributed by atoms with van der Waals surface area (Å²) >= 11 is 0. The Morgan fingerprint density at radius 3 is 2.67 bits per heavy atom. The molecule has 1 aliphatic rings. The lowest BCUT2D eigenvalue weighted by Gasteiger charge is -2.15. The highest BCUT2D eigenvalue weighted by molar-refractivity contribution is 5.26. The zero-order valence-electron chi connectivity index (χ0n) is 9.61. The summed E-state index contributed by atoms with van der Waals surface area (Å²) in [7, 11) is 2.15. The van der Waals surface area contributed by atoms with Crippen LogP contribution in [0.25, 0.3) is 0 Å². The van der Waals surface area contributed by atoms with Gasteiger partial charge in [0.25, 0.3) is 0 Å². The van der Waals surface area contributed by atoms with Crippen LogP contribution in [0.4, 0.5) is 0 Å². The molecule has 1 aromatic rings. The third-order valence-corrected chi connectivity index (χ3v) is 3.42. The van der Waals surface area contributed by atoms with Crippen molar-refractivity contribution < 1.29 is 0 Å². The first-order chi connectivity index (χ1) is 7.16. The minimum absolute atomic E-state index is 0.342. The van der Waals surface area contributed by atoms with E-state index in [-0.39, 0.29) is 0 Å². The molecule has 0 bridgehead atoms. The number of benzene rings is 1. The molecule has 2 rings (SSSR count). The molecule has 82 valence electrons. The molecule has 2 unspecified atom stereocenters. The molecule has 2 atom stereocenters. The molecule has 1 aromatic carbocycles. The molecule has 0 spiro atoms. The maximum Gasteiger partial charge on any atom is 0.0211 e. The molecular formula is C13H20N2. The van der Waals surface area contributed by atoms with Gasteiger partial charge >= 0.3 is 0 Å². The smallest absolute Gasteiger partial charge is 0.0211 e. The number of hydrogen-bond donors (Lipinski definition) is 1. The van der Waals surface area contributed by atoms with E-state index in [1.165, 1.54) is 11.1 Å². The Bertz CT molecular complexity index is 335. The Morgan fingerprint density at radius 1 is 1.33 bits per heavy atom. The number of aryl methyl sites for hydroxylation is 1. The zero-order chi connectivity index (χ0) is 10.8. The summed E-state index contributed by atoms with van der Waals surface area (Å²) in [5.41, 5.74) is 8.97. The largest absolute Gasteiger partial charge is 0.326 e. The van der Waals surface area contributed by atoms with Crippen LogP contribution in [-0.2, 0) is 6.42 Å².